The average molecular weight is 299 g/mol. The minimum atomic E-state index is -2.93. The Balaban J connectivity index is 2.17. The van der Waals surface area contributed by atoms with E-state index in [9.17, 15) is 13.6 Å². The van der Waals surface area contributed by atoms with Gasteiger partial charge in [-0.2, -0.15) is 8.78 Å². The average Bonchev–Trinajstić information content (AvgIpc) is 3.29. The van der Waals surface area contributed by atoms with Gasteiger partial charge in [0.25, 0.3) is 5.91 Å². The van der Waals surface area contributed by atoms with Crippen molar-refractivity contribution in [2.24, 2.45) is 5.92 Å². The summed E-state index contributed by atoms with van der Waals surface area (Å²) in [4.78, 5) is 14.1. The SMILES string of the molecule is COc1cc(C(=O)N(C)C(C)C2CC2)ccc1OC(F)F. The van der Waals surface area contributed by atoms with Crippen LogP contribution in [0, 0.1) is 5.92 Å². The van der Waals surface area contributed by atoms with E-state index in [1.165, 1.54) is 25.3 Å². The van der Waals surface area contributed by atoms with Crippen LogP contribution in [0.4, 0.5) is 8.78 Å². The molecule has 1 aromatic carbocycles. The zero-order valence-corrected chi connectivity index (χ0v) is 12.3. The fourth-order valence-corrected chi connectivity index (χ4v) is 2.28. The second kappa shape index (κ2) is 6.28. The third kappa shape index (κ3) is 3.62. The molecule has 2 rings (SSSR count). The Morgan fingerprint density at radius 3 is 2.52 bits per heavy atom. The van der Waals surface area contributed by atoms with Crippen LogP contribution < -0.4 is 9.47 Å². The van der Waals surface area contributed by atoms with Crippen molar-refractivity contribution >= 4 is 5.91 Å². The van der Waals surface area contributed by atoms with Crippen LogP contribution in [0.1, 0.15) is 30.1 Å². The number of rotatable bonds is 6. The topological polar surface area (TPSA) is 38.8 Å². The largest absolute Gasteiger partial charge is 0.493 e. The summed E-state index contributed by atoms with van der Waals surface area (Å²) in [5, 5.41) is 0. The van der Waals surface area contributed by atoms with Gasteiger partial charge in [-0.25, -0.2) is 0 Å². The highest BCUT2D eigenvalue weighted by Gasteiger charge is 2.32. The van der Waals surface area contributed by atoms with Gasteiger partial charge >= 0.3 is 6.61 Å². The molecule has 116 valence electrons. The lowest BCUT2D eigenvalue weighted by Crippen LogP contribution is -2.36. The first kappa shape index (κ1) is 15.5. The van der Waals surface area contributed by atoms with Crippen LogP contribution in [-0.4, -0.2) is 37.6 Å². The molecule has 6 heteroatoms. The van der Waals surface area contributed by atoms with E-state index < -0.39 is 6.61 Å². The summed E-state index contributed by atoms with van der Waals surface area (Å²) in [6, 6.07) is 4.39. The number of carbonyl (C=O) groups is 1. The number of carbonyl (C=O) groups excluding carboxylic acids is 1. The van der Waals surface area contributed by atoms with Crippen LogP contribution in [0.15, 0.2) is 18.2 Å². The van der Waals surface area contributed by atoms with Crippen LogP contribution in [0.3, 0.4) is 0 Å². The molecule has 1 atom stereocenters. The molecule has 21 heavy (non-hydrogen) atoms. The van der Waals surface area contributed by atoms with E-state index in [2.05, 4.69) is 4.74 Å². The summed E-state index contributed by atoms with van der Waals surface area (Å²) in [5.74, 6) is 0.439. The van der Waals surface area contributed by atoms with Crippen LogP contribution in [0.25, 0.3) is 0 Å². The molecule has 0 spiro atoms. The highest BCUT2D eigenvalue weighted by atomic mass is 19.3. The summed E-state index contributed by atoms with van der Waals surface area (Å²) in [6.45, 7) is -0.917. The maximum atomic E-state index is 12.4. The number of halogens is 2. The first-order valence-electron chi connectivity index (χ1n) is 6.84. The lowest BCUT2D eigenvalue weighted by atomic mass is 10.1. The second-order valence-corrected chi connectivity index (χ2v) is 5.24. The molecule has 0 heterocycles. The normalized spacial score (nSPS) is 15.7. The summed E-state index contributed by atoms with van der Waals surface area (Å²) in [6.07, 6.45) is 2.28. The fourth-order valence-electron chi connectivity index (χ4n) is 2.28. The number of hydrogen-bond acceptors (Lipinski definition) is 3. The maximum Gasteiger partial charge on any atom is 0.387 e. The smallest absolute Gasteiger partial charge is 0.387 e. The van der Waals surface area contributed by atoms with E-state index in [4.69, 9.17) is 4.74 Å². The van der Waals surface area contributed by atoms with Gasteiger partial charge in [0.1, 0.15) is 0 Å². The van der Waals surface area contributed by atoms with E-state index in [1.807, 2.05) is 6.92 Å². The van der Waals surface area contributed by atoms with Crippen molar-refractivity contribution in [3.63, 3.8) is 0 Å². The van der Waals surface area contributed by atoms with Crippen molar-refractivity contribution < 1.29 is 23.0 Å². The lowest BCUT2D eigenvalue weighted by Gasteiger charge is -2.25. The Kier molecular flexibility index (Phi) is 4.65. The van der Waals surface area contributed by atoms with E-state index in [1.54, 1.807) is 11.9 Å². The molecule has 1 aromatic rings. The molecule has 0 bridgehead atoms. The second-order valence-electron chi connectivity index (χ2n) is 5.24. The van der Waals surface area contributed by atoms with Crippen molar-refractivity contribution in [3.05, 3.63) is 23.8 Å². The minimum absolute atomic E-state index is 0.0815. The van der Waals surface area contributed by atoms with Gasteiger partial charge in [0, 0.05) is 18.7 Å². The quantitative estimate of drug-likeness (QED) is 0.810. The minimum Gasteiger partial charge on any atom is -0.493 e. The Hall–Kier alpha value is -1.85. The first-order valence-corrected chi connectivity index (χ1v) is 6.84. The summed E-state index contributed by atoms with van der Waals surface area (Å²) in [7, 11) is 3.10. The molecule has 1 unspecified atom stereocenters. The van der Waals surface area contributed by atoms with Crippen LogP contribution in [-0.2, 0) is 0 Å². The molecule has 1 fully saturated rings. The molecule has 0 saturated heterocycles. The molecule has 1 aliphatic carbocycles. The Morgan fingerprint density at radius 1 is 1.33 bits per heavy atom. The van der Waals surface area contributed by atoms with Gasteiger partial charge in [0.15, 0.2) is 11.5 Å². The standard InChI is InChI=1S/C15H19F2NO3/c1-9(10-4-5-10)18(2)14(19)11-6-7-12(21-15(16)17)13(8-11)20-3/h6-10,15H,4-5H2,1-3H3. The first-order chi connectivity index (χ1) is 9.93. The summed E-state index contributed by atoms with van der Waals surface area (Å²) in [5.41, 5.74) is 0.392. The van der Waals surface area contributed by atoms with Gasteiger partial charge in [-0.3, -0.25) is 4.79 Å². The van der Waals surface area contributed by atoms with Crippen molar-refractivity contribution in [1.82, 2.24) is 4.90 Å². The van der Waals surface area contributed by atoms with Gasteiger partial charge in [0.2, 0.25) is 0 Å². The molecular formula is C15H19F2NO3. The highest BCUT2D eigenvalue weighted by Crippen LogP contribution is 2.35. The van der Waals surface area contributed by atoms with Crippen molar-refractivity contribution in [1.29, 1.82) is 0 Å². The maximum absolute atomic E-state index is 12.4. The number of alkyl halides is 2. The molecule has 1 amide bonds. The van der Waals surface area contributed by atoms with E-state index in [-0.39, 0.29) is 23.4 Å². The highest BCUT2D eigenvalue weighted by molar-refractivity contribution is 5.95. The molecule has 1 aliphatic rings. The molecule has 0 aliphatic heterocycles. The van der Waals surface area contributed by atoms with E-state index in [0.29, 0.717) is 11.5 Å². The summed E-state index contributed by atoms with van der Waals surface area (Å²) >= 11 is 0. The fraction of sp³-hybridized carbons (Fsp3) is 0.533. The van der Waals surface area contributed by atoms with Crippen LogP contribution in [0.2, 0.25) is 0 Å². The number of benzene rings is 1. The van der Waals surface area contributed by atoms with Crippen molar-refractivity contribution in [2.45, 2.75) is 32.4 Å². The molecule has 1 saturated carbocycles. The Morgan fingerprint density at radius 2 is 2.00 bits per heavy atom. The number of amides is 1. The number of hydrogen-bond donors (Lipinski definition) is 0. The van der Waals surface area contributed by atoms with Crippen molar-refractivity contribution in [3.8, 4) is 11.5 Å². The molecule has 0 aromatic heterocycles. The summed E-state index contributed by atoms with van der Waals surface area (Å²) < 4.78 is 33.9. The Bertz CT molecular complexity index is 518. The zero-order valence-electron chi connectivity index (χ0n) is 12.3. The molecule has 4 nitrogen and oxygen atoms in total. The van der Waals surface area contributed by atoms with Gasteiger partial charge in [-0.1, -0.05) is 0 Å². The van der Waals surface area contributed by atoms with Crippen molar-refractivity contribution in [2.75, 3.05) is 14.2 Å². The third-order valence-corrected chi connectivity index (χ3v) is 3.86. The number of nitrogens with zero attached hydrogens (tertiary/aromatic N) is 1. The monoisotopic (exact) mass is 299 g/mol. The lowest BCUT2D eigenvalue weighted by molar-refractivity contribution is -0.0512. The van der Waals surface area contributed by atoms with E-state index in [0.717, 1.165) is 12.8 Å². The number of ether oxygens (including phenoxy) is 2. The van der Waals surface area contributed by atoms with E-state index >= 15 is 0 Å². The number of methoxy groups -OCH3 is 1. The predicted molar refractivity (Wildman–Crippen MR) is 73.9 cm³/mol. The van der Waals surface area contributed by atoms with Gasteiger partial charge in [-0.15, -0.1) is 0 Å². The van der Waals surface area contributed by atoms with Crippen LogP contribution >= 0.6 is 0 Å². The third-order valence-electron chi connectivity index (χ3n) is 3.86. The molecule has 0 radical (unpaired) electrons. The van der Waals surface area contributed by atoms with Crippen LogP contribution in [0.5, 0.6) is 11.5 Å². The predicted octanol–water partition coefficient (Wildman–Crippen LogP) is 3.17. The zero-order chi connectivity index (χ0) is 15.6. The Labute approximate surface area is 122 Å². The molecular weight excluding hydrogens is 280 g/mol. The van der Waals surface area contributed by atoms with Gasteiger partial charge in [-0.05, 0) is 43.9 Å². The van der Waals surface area contributed by atoms with Gasteiger partial charge in [0.05, 0.1) is 7.11 Å². The molecule has 0 N–H and O–H groups in total. The van der Waals surface area contributed by atoms with Gasteiger partial charge < -0.3 is 14.4 Å².